The van der Waals surface area contributed by atoms with Crippen molar-refractivity contribution in [3.63, 3.8) is 0 Å². The molecule has 0 bridgehead atoms. The Morgan fingerprint density at radius 3 is 1.40 bits per heavy atom. The first-order valence-corrected chi connectivity index (χ1v) is 6.36. The average molecular weight is 429 g/mol. The molecule has 1 aliphatic rings. The standard InChI is InChI=1S/C6F13NO4S/c7-1(8)4(13,14)23-5(15,16)2(9,10)20(1)3(11,12)6(17,18)25(21,22)24-19. The highest BCUT2D eigenvalue weighted by Gasteiger charge is 2.91. The first-order chi connectivity index (χ1) is 10.6. The number of halogens is 13. The van der Waals surface area contributed by atoms with Crippen molar-refractivity contribution < 1.29 is 74.8 Å². The summed E-state index contributed by atoms with van der Waals surface area (Å²) in [5, 5.41) is -7.47. The lowest BCUT2D eigenvalue weighted by Gasteiger charge is -2.49. The highest BCUT2D eigenvalue weighted by Crippen LogP contribution is 2.61. The smallest absolute Gasteiger partial charge is 0.243 e. The molecule has 5 nitrogen and oxygen atoms in total. The summed E-state index contributed by atoms with van der Waals surface area (Å²) >= 11 is 0. The fourth-order valence-corrected chi connectivity index (χ4v) is 1.86. The second kappa shape index (κ2) is 5.22. The second-order valence-electron chi connectivity index (χ2n) is 4.13. The zero-order valence-corrected chi connectivity index (χ0v) is 11.2. The normalized spacial score (nSPS) is 26.4. The van der Waals surface area contributed by atoms with Crippen LogP contribution in [-0.4, -0.2) is 48.9 Å². The van der Waals surface area contributed by atoms with Crippen LogP contribution in [0.3, 0.4) is 0 Å². The van der Waals surface area contributed by atoms with E-state index in [1.165, 1.54) is 4.39 Å². The Morgan fingerprint density at radius 2 is 1.12 bits per heavy atom. The van der Waals surface area contributed by atoms with E-state index in [2.05, 4.69) is 0 Å². The third-order valence-electron chi connectivity index (χ3n) is 2.55. The molecule has 1 saturated heterocycles. The van der Waals surface area contributed by atoms with Gasteiger partial charge in [0.15, 0.2) is 0 Å². The van der Waals surface area contributed by atoms with Gasteiger partial charge in [-0.2, -0.15) is 61.1 Å². The van der Waals surface area contributed by atoms with Crippen LogP contribution in [0.5, 0.6) is 0 Å². The Bertz CT molecular complexity index is 619. The Balaban J connectivity index is 3.79. The number of alkyl halides is 12. The van der Waals surface area contributed by atoms with Gasteiger partial charge in [0.1, 0.15) is 0 Å². The lowest BCUT2D eigenvalue weighted by molar-refractivity contribution is -0.590. The van der Waals surface area contributed by atoms with Crippen molar-refractivity contribution in [1.29, 1.82) is 0 Å². The van der Waals surface area contributed by atoms with Gasteiger partial charge >= 0.3 is 45.7 Å². The van der Waals surface area contributed by atoms with Gasteiger partial charge in [-0.05, 0) is 4.53 Å². The largest absolute Gasteiger partial charge is 0.450 e. The van der Waals surface area contributed by atoms with Gasteiger partial charge < -0.3 is 0 Å². The average Bonchev–Trinajstić information content (AvgIpc) is 2.34. The molecule has 0 spiro atoms. The summed E-state index contributed by atoms with van der Waals surface area (Å²) in [6.07, 6.45) is -13.9. The number of ether oxygens (including phenoxy) is 1. The van der Waals surface area contributed by atoms with Gasteiger partial charge in [-0.1, -0.05) is 9.29 Å². The molecule has 0 aliphatic carbocycles. The minimum absolute atomic E-state index is 1.34. The number of hydrogen-bond donors (Lipinski definition) is 0. The van der Waals surface area contributed by atoms with Crippen LogP contribution in [0.4, 0.5) is 57.2 Å². The summed E-state index contributed by atoms with van der Waals surface area (Å²) < 4.78 is 191. The number of rotatable bonds is 4. The molecular formula is C6F13NO4S. The summed E-state index contributed by atoms with van der Waals surface area (Å²) in [7, 11) is -7.67. The molecule has 0 aromatic rings. The van der Waals surface area contributed by atoms with Gasteiger partial charge in [-0.15, -0.1) is 0 Å². The topological polar surface area (TPSA) is 55.8 Å². The van der Waals surface area contributed by atoms with Crippen LogP contribution in [0, 0.1) is 0 Å². The molecule has 0 N–H and O–H groups in total. The highest BCUT2D eigenvalue weighted by molar-refractivity contribution is 7.87. The van der Waals surface area contributed by atoms with E-state index in [-0.39, 0.29) is 0 Å². The maximum absolute atomic E-state index is 13.3. The molecule has 0 radical (unpaired) electrons. The van der Waals surface area contributed by atoms with E-state index in [0.717, 1.165) is 0 Å². The summed E-state index contributed by atoms with van der Waals surface area (Å²) in [6.45, 7) is 0. The van der Waals surface area contributed by atoms with Gasteiger partial charge in [-0.25, -0.2) is 4.74 Å². The number of morpholine rings is 1. The second-order valence-corrected chi connectivity index (χ2v) is 5.68. The van der Waals surface area contributed by atoms with Gasteiger partial charge in [0.2, 0.25) is 0 Å². The Labute approximate surface area is 126 Å². The summed E-state index contributed by atoms with van der Waals surface area (Å²) in [5.41, 5.74) is 0. The Kier molecular flexibility index (Phi) is 4.59. The maximum Gasteiger partial charge on any atom is 0.450 e. The molecule has 0 aromatic heterocycles. The van der Waals surface area contributed by atoms with Crippen LogP contribution < -0.4 is 0 Å². The van der Waals surface area contributed by atoms with Crippen LogP contribution in [0.2, 0.25) is 0 Å². The van der Waals surface area contributed by atoms with E-state index in [0.29, 0.717) is 0 Å². The summed E-state index contributed by atoms with van der Waals surface area (Å²) in [4.78, 5) is -4.09. The van der Waals surface area contributed by atoms with Gasteiger partial charge in [0.25, 0.3) is 0 Å². The SMILES string of the molecule is O=S(=O)(OF)C(F)(F)C(F)(F)N1C(F)(F)C(F)(F)OC(F)(F)C1(F)F. The molecule has 0 aromatic carbocycles. The van der Waals surface area contributed by atoms with Crippen molar-refractivity contribution >= 4 is 10.1 Å². The van der Waals surface area contributed by atoms with E-state index in [4.69, 9.17) is 0 Å². The molecule has 0 atom stereocenters. The quantitative estimate of drug-likeness (QED) is 0.508. The van der Waals surface area contributed by atoms with Crippen molar-refractivity contribution in [2.45, 2.75) is 35.6 Å². The van der Waals surface area contributed by atoms with Gasteiger partial charge in [-0.3, -0.25) is 0 Å². The van der Waals surface area contributed by atoms with Crippen molar-refractivity contribution in [3.05, 3.63) is 0 Å². The highest BCUT2D eigenvalue weighted by atomic mass is 32.2. The van der Waals surface area contributed by atoms with Crippen molar-refractivity contribution in [2.24, 2.45) is 0 Å². The summed E-state index contributed by atoms with van der Waals surface area (Å²) in [5.74, 6) is 0. The Hall–Kier alpha value is -1.08. The van der Waals surface area contributed by atoms with Crippen LogP contribution in [0.25, 0.3) is 0 Å². The predicted molar refractivity (Wildman–Crippen MR) is 43.7 cm³/mol. The maximum atomic E-state index is 13.3. The summed E-state index contributed by atoms with van der Waals surface area (Å²) in [6, 6.07) is -22.4. The van der Waals surface area contributed by atoms with E-state index in [9.17, 15) is 65.6 Å². The fraction of sp³-hybridized carbons (Fsp3) is 1.00. The molecule has 1 rings (SSSR count). The monoisotopic (exact) mass is 429 g/mol. The van der Waals surface area contributed by atoms with E-state index < -0.39 is 50.6 Å². The Morgan fingerprint density at radius 1 is 0.800 bits per heavy atom. The number of nitrogens with zero attached hydrogens (tertiary/aromatic N) is 1. The molecule has 0 unspecified atom stereocenters. The van der Waals surface area contributed by atoms with Crippen LogP contribution in [0.1, 0.15) is 0 Å². The molecule has 1 aliphatic heterocycles. The van der Waals surface area contributed by atoms with Gasteiger partial charge in [0.05, 0.1) is 0 Å². The fourth-order valence-electron chi connectivity index (χ4n) is 1.39. The van der Waals surface area contributed by atoms with E-state index in [1.54, 1.807) is 4.74 Å². The van der Waals surface area contributed by atoms with E-state index >= 15 is 0 Å². The number of hydrogen-bond acceptors (Lipinski definition) is 5. The first-order valence-electron chi connectivity index (χ1n) is 4.96. The molecule has 150 valence electrons. The third-order valence-corrected chi connectivity index (χ3v) is 3.59. The molecule has 0 amide bonds. The third kappa shape index (κ3) is 2.62. The first kappa shape index (κ1) is 22.0. The minimum Gasteiger partial charge on any atom is -0.243 e. The lowest BCUT2D eigenvalue weighted by Crippen LogP contribution is -2.80. The van der Waals surface area contributed by atoms with Crippen molar-refractivity contribution in [3.8, 4) is 0 Å². The predicted octanol–water partition coefficient (Wildman–Crippen LogP) is 3.11. The zero-order chi connectivity index (χ0) is 20.5. The molecular weight excluding hydrogens is 429 g/mol. The molecule has 1 heterocycles. The zero-order valence-electron chi connectivity index (χ0n) is 10.4. The molecule has 19 heteroatoms. The van der Waals surface area contributed by atoms with Gasteiger partial charge in [0, 0.05) is 0 Å². The van der Waals surface area contributed by atoms with Crippen molar-refractivity contribution in [1.82, 2.24) is 4.90 Å². The van der Waals surface area contributed by atoms with Crippen molar-refractivity contribution in [2.75, 3.05) is 0 Å². The molecule has 0 saturated carbocycles. The molecule has 1 fully saturated rings. The lowest BCUT2D eigenvalue weighted by atomic mass is 10.2. The van der Waals surface area contributed by atoms with Crippen LogP contribution in [-0.2, 0) is 19.2 Å². The van der Waals surface area contributed by atoms with Crippen LogP contribution >= 0.6 is 0 Å². The minimum atomic E-state index is -7.76. The van der Waals surface area contributed by atoms with Crippen LogP contribution in [0.15, 0.2) is 0 Å². The van der Waals surface area contributed by atoms with E-state index in [1.807, 2.05) is 0 Å². The molecule has 25 heavy (non-hydrogen) atoms.